The summed E-state index contributed by atoms with van der Waals surface area (Å²) in [7, 11) is 1.78. The maximum absolute atomic E-state index is 13.4. The van der Waals surface area contributed by atoms with Crippen molar-refractivity contribution < 1.29 is 14.3 Å². The first-order valence-electron chi connectivity index (χ1n) is 11.0. The number of carbonyl (C=O) groups is 1. The Kier molecular flexibility index (Phi) is 5.24. The average molecular weight is 443 g/mol. The van der Waals surface area contributed by atoms with Crippen molar-refractivity contribution in [2.75, 3.05) is 20.3 Å². The summed E-state index contributed by atoms with van der Waals surface area (Å²) in [4.78, 5) is 24.3. The number of carbonyl (C=O) groups excluding carboxylic acids is 1. The second-order valence-corrected chi connectivity index (χ2v) is 8.35. The zero-order valence-electron chi connectivity index (χ0n) is 19.3. The first-order valence-corrected chi connectivity index (χ1v) is 11.0. The number of fused-ring (bicyclic) bond motifs is 2. The van der Waals surface area contributed by atoms with E-state index >= 15 is 0 Å². The average Bonchev–Trinajstić information content (AvgIpc) is 3.12. The van der Waals surface area contributed by atoms with E-state index in [1.165, 1.54) is 0 Å². The predicted molar refractivity (Wildman–Crippen MR) is 126 cm³/mol. The molecule has 0 radical (unpaired) electrons. The van der Waals surface area contributed by atoms with Crippen molar-refractivity contribution in [2.45, 2.75) is 27.3 Å². The number of amides is 1. The molecule has 1 amide bonds. The normalized spacial score (nSPS) is 12.7. The number of benzene rings is 2. The topological polar surface area (TPSA) is 69.5 Å². The van der Waals surface area contributed by atoms with Crippen LogP contribution >= 0.6 is 0 Å². The molecule has 2 aromatic carbocycles. The lowest BCUT2D eigenvalue weighted by Crippen LogP contribution is -2.27. The smallest absolute Gasteiger partial charge is 0.255 e. The molecular formula is C26H26N4O3. The van der Waals surface area contributed by atoms with Gasteiger partial charge in [0.15, 0.2) is 11.5 Å². The molecule has 1 aliphatic rings. The van der Waals surface area contributed by atoms with Gasteiger partial charge < -0.3 is 18.9 Å². The summed E-state index contributed by atoms with van der Waals surface area (Å²) in [6.07, 6.45) is 0. The Morgan fingerprint density at radius 1 is 1.00 bits per heavy atom. The molecule has 0 spiro atoms. The van der Waals surface area contributed by atoms with Gasteiger partial charge in [-0.1, -0.05) is 18.2 Å². The molecule has 0 fully saturated rings. The van der Waals surface area contributed by atoms with Gasteiger partial charge in [0.25, 0.3) is 5.91 Å². The van der Waals surface area contributed by atoms with Crippen LogP contribution < -0.4 is 9.47 Å². The van der Waals surface area contributed by atoms with Crippen molar-refractivity contribution in [2.24, 2.45) is 0 Å². The largest absolute Gasteiger partial charge is 0.486 e. The van der Waals surface area contributed by atoms with Crippen LogP contribution in [0.15, 0.2) is 48.5 Å². The molecule has 5 rings (SSSR count). The molecule has 3 heterocycles. The lowest BCUT2D eigenvalue weighted by Gasteiger charge is -2.20. The van der Waals surface area contributed by atoms with Crippen molar-refractivity contribution in [1.82, 2.24) is 19.4 Å². The van der Waals surface area contributed by atoms with Crippen LogP contribution in [0.1, 0.15) is 33.3 Å². The van der Waals surface area contributed by atoms with Gasteiger partial charge >= 0.3 is 0 Å². The molecule has 33 heavy (non-hydrogen) atoms. The first-order chi connectivity index (χ1) is 15.9. The summed E-state index contributed by atoms with van der Waals surface area (Å²) in [6, 6.07) is 15.7. The Hall–Kier alpha value is -3.87. The standard InChI is InChI=1S/C26H26N4O3/c1-16-13-21(18(3)30(16)19-9-10-23-24(14-19)33-12-11-32-23)26(31)29(4)15-25-27-17(2)20-7-5-6-8-22(20)28-25/h5-10,13-14H,11-12,15H2,1-4H3. The number of rotatable bonds is 4. The summed E-state index contributed by atoms with van der Waals surface area (Å²) in [5, 5.41) is 1.03. The molecule has 7 nitrogen and oxygen atoms in total. The van der Waals surface area contributed by atoms with E-state index in [9.17, 15) is 4.79 Å². The second kappa shape index (κ2) is 8.24. The van der Waals surface area contributed by atoms with Crippen LogP contribution in [0.5, 0.6) is 11.5 Å². The van der Waals surface area contributed by atoms with Gasteiger partial charge in [0.1, 0.15) is 19.0 Å². The Bertz CT molecular complexity index is 1380. The fourth-order valence-corrected chi connectivity index (χ4v) is 4.40. The highest BCUT2D eigenvalue weighted by atomic mass is 16.6. The van der Waals surface area contributed by atoms with Gasteiger partial charge in [0, 0.05) is 41.3 Å². The number of ether oxygens (including phenoxy) is 2. The highest BCUT2D eigenvalue weighted by molar-refractivity contribution is 5.95. The molecule has 0 saturated carbocycles. The fraction of sp³-hybridized carbons (Fsp3) is 0.269. The summed E-state index contributed by atoms with van der Waals surface area (Å²) in [5.74, 6) is 2.03. The molecule has 0 N–H and O–H groups in total. The number of aryl methyl sites for hydroxylation is 2. The fourth-order valence-electron chi connectivity index (χ4n) is 4.40. The predicted octanol–water partition coefficient (Wildman–Crippen LogP) is 4.39. The minimum absolute atomic E-state index is 0.0682. The van der Waals surface area contributed by atoms with E-state index in [0.29, 0.717) is 31.1 Å². The highest BCUT2D eigenvalue weighted by Crippen LogP contribution is 2.33. The van der Waals surface area contributed by atoms with Gasteiger partial charge in [-0.3, -0.25) is 4.79 Å². The van der Waals surface area contributed by atoms with Crippen LogP contribution in [0, 0.1) is 20.8 Å². The van der Waals surface area contributed by atoms with Crippen LogP contribution in [0.4, 0.5) is 0 Å². The minimum atomic E-state index is -0.0682. The van der Waals surface area contributed by atoms with Crippen molar-refractivity contribution >= 4 is 16.8 Å². The van der Waals surface area contributed by atoms with E-state index in [1.807, 2.05) is 69.3 Å². The Morgan fingerprint density at radius 2 is 1.76 bits per heavy atom. The third-order valence-electron chi connectivity index (χ3n) is 6.01. The van der Waals surface area contributed by atoms with E-state index in [0.717, 1.165) is 45.2 Å². The molecule has 7 heteroatoms. The van der Waals surface area contributed by atoms with E-state index in [1.54, 1.807) is 11.9 Å². The maximum atomic E-state index is 13.4. The van der Waals surface area contributed by atoms with Gasteiger partial charge in [0.2, 0.25) is 0 Å². The van der Waals surface area contributed by atoms with Crippen molar-refractivity contribution in [1.29, 1.82) is 0 Å². The SMILES string of the molecule is Cc1nc(CN(C)C(=O)c2cc(C)n(-c3ccc4c(c3)OCCO4)c2C)nc2ccccc12. The summed E-state index contributed by atoms with van der Waals surface area (Å²) >= 11 is 0. The summed E-state index contributed by atoms with van der Waals surface area (Å²) in [6.45, 7) is 7.34. The van der Waals surface area contributed by atoms with E-state index in [-0.39, 0.29) is 5.91 Å². The Labute approximate surface area is 192 Å². The lowest BCUT2D eigenvalue weighted by atomic mass is 10.2. The summed E-state index contributed by atoms with van der Waals surface area (Å²) in [5.41, 5.74) is 5.23. The molecule has 4 aromatic rings. The van der Waals surface area contributed by atoms with Crippen LogP contribution in [-0.4, -0.2) is 45.6 Å². The van der Waals surface area contributed by atoms with Crippen molar-refractivity contribution in [3.05, 3.63) is 77.0 Å². The minimum Gasteiger partial charge on any atom is -0.486 e. The number of para-hydroxylation sites is 1. The number of nitrogens with zero attached hydrogens (tertiary/aromatic N) is 4. The van der Waals surface area contributed by atoms with E-state index < -0.39 is 0 Å². The molecular weight excluding hydrogens is 416 g/mol. The lowest BCUT2D eigenvalue weighted by molar-refractivity contribution is 0.0781. The van der Waals surface area contributed by atoms with Gasteiger partial charge in [0.05, 0.1) is 17.6 Å². The van der Waals surface area contributed by atoms with E-state index in [4.69, 9.17) is 9.47 Å². The van der Waals surface area contributed by atoms with Crippen LogP contribution in [0.3, 0.4) is 0 Å². The van der Waals surface area contributed by atoms with Crippen LogP contribution in [0.2, 0.25) is 0 Å². The second-order valence-electron chi connectivity index (χ2n) is 8.35. The molecule has 0 aliphatic carbocycles. The molecule has 0 bridgehead atoms. The number of hydrogen-bond donors (Lipinski definition) is 0. The third kappa shape index (κ3) is 3.80. The van der Waals surface area contributed by atoms with Crippen LogP contribution in [0.25, 0.3) is 16.6 Å². The zero-order chi connectivity index (χ0) is 23.1. The third-order valence-corrected chi connectivity index (χ3v) is 6.01. The number of aromatic nitrogens is 3. The maximum Gasteiger partial charge on any atom is 0.255 e. The first kappa shape index (κ1) is 21.0. The molecule has 0 saturated heterocycles. The van der Waals surface area contributed by atoms with E-state index in [2.05, 4.69) is 14.5 Å². The van der Waals surface area contributed by atoms with Gasteiger partial charge in [-0.25, -0.2) is 9.97 Å². The Balaban J connectivity index is 1.42. The number of hydrogen-bond acceptors (Lipinski definition) is 5. The quantitative estimate of drug-likeness (QED) is 0.469. The van der Waals surface area contributed by atoms with Gasteiger partial charge in [-0.05, 0) is 45.0 Å². The van der Waals surface area contributed by atoms with Gasteiger partial charge in [-0.15, -0.1) is 0 Å². The molecule has 0 atom stereocenters. The van der Waals surface area contributed by atoms with Crippen molar-refractivity contribution in [3.63, 3.8) is 0 Å². The molecule has 0 unspecified atom stereocenters. The Morgan fingerprint density at radius 3 is 2.58 bits per heavy atom. The van der Waals surface area contributed by atoms with Gasteiger partial charge in [-0.2, -0.15) is 0 Å². The zero-order valence-corrected chi connectivity index (χ0v) is 19.3. The summed E-state index contributed by atoms with van der Waals surface area (Å²) < 4.78 is 13.4. The van der Waals surface area contributed by atoms with Crippen molar-refractivity contribution in [3.8, 4) is 17.2 Å². The molecule has 1 aliphatic heterocycles. The molecule has 2 aromatic heterocycles. The highest BCUT2D eigenvalue weighted by Gasteiger charge is 2.22. The van der Waals surface area contributed by atoms with Crippen LogP contribution in [-0.2, 0) is 6.54 Å². The monoisotopic (exact) mass is 442 g/mol. The molecule has 168 valence electrons.